The highest BCUT2D eigenvalue weighted by molar-refractivity contribution is 5.27. The van der Waals surface area contributed by atoms with E-state index < -0.39 is 17.7 Å². The first-order valence-electron chi connectivity index (χ1n) is 4.30. The third kappa shape index (κ3) is 2.17. The molecule has 1 nitrogen and oxygen atoms in total. The van der Waals surface area contributed by atoms with Crippen LogP contribution >= 0.6 is 0 Å². The molecule has 0 aliphatic carbocycles. The van der Waals surface area contributed by atoms with Crippen molar-refractivity contribution in [2.75, 3.05) is 0 Å². The van der Waals surface area contributed by atoms with Crippen LogP contribution in [0, 0.1) is 18.6 Å². The second kappa shape index (κ2) is 4.33. The Morgan fingerprint density at radius 2 is 1.93 bits per heavy atom. The average Bonchev–Trinajstić information content (AvgIpc) is 2.01. The van der Waals surface area contributed by atoms with Crippen molar-refractivity contribution in [1.29, 1.82) is 0 Å². The minimum atomic E-state index is -1.16. The van der Waals surface area contributed by atoms with E-state index in [1.54, 1.807) is 6.92 Å². The summed E-state index contributed by atoms with van der Waals surface area (Å²) in [6.07, 6.45) is 0.397. The lowest BCUT2D eigenvalue weighted by molar-refractivity contribution is 0.171. The first-order chi connectivity index (χ1) is 6.56. The van der Waals surface area contributed by atoms with Gasteiger partial charge in [0.1, 0.15) is 11.6 Å². The topological polar surface area (TPSA) is 20.2 Å². The van der Waals surface area contributed by atoms with E-state index in [2.05, 4.69) is 6.58 Å². The maximum Gasteiger partial charge on any atom is 0.132 e. The largest absolute Gasteiger partial charge is 0.388 e. The van der Waals surface area contributed by atoms with E-state index in [1.165, 1.54) is 18.2 Å². The molecule has 0 aliphatic heterocycles. The Balaban J connectivity index is 3.13. The Morgan fingerprint density at radius 1 is 1.43 bits per heavy atom. The van der Waals surface area contributed by atoms with Crippen LogP contribution in [0.2, 0.25) is 0 Å². The van der Waals surface area contributed by atoms with Gasteiger partial charge in [0.2, 0.25) is 0 Å². The SMILES string of the molecule is C=CCC(O)c1c(F)cc(C)cc1F. The molecule has 1 aromatic carbocycles. The van der Waals surface area contributed by atoms with E-state index in [0.717, 1.165) is 0 Å². The number of benzene rings is 1. The number of hydrogen-bond donors (Lipinski definition) is 1. The van der Waals surface area contributed by atoms with Crippen molar-refractivity contribution in [3.63, 3.8) is 0 Å². The normalized spacial score (nSPS) is 12.6. The van der Waals surface area contributed by atoms with E-state index >= 15 is 0 Å². The summed E-state index contributed by atoms with van der Waals surface area (Å²) < 4.78 is 26.5. The summed E-state index contributed by atoms with van der Waals surface area (Å²) in [7, 11) is 0. The molecule has 0 aromatic heterocycles. The van der Waals surface area contributed by atoms with Crippen LogP contribution in [-0.4, -0.2) is 5.11 Å². The molecule has 1 aromatic rings. The van der Waals surface area contributed by atoms with Gasteiger partial charge in [0.05, 0.1) is 11.7 Å². The van der Waals surface area contributed by atoms with Crippen LogP contribution in [0.25, 0.3) is 0 Å². The monoisotopic (exact) mass is 198 g/mol. The Kier molecular flexibility index (Phi) is 3.36. The minimum absolute atomic E-state index is 0.136. The molecule has 0 heterocycles. The number of hydrogen-bond acceptors (Lipinski definition) is 1. The quantitative estimate of drug-likeness (QED) is 0.740. The van der Waals surface area contributed by atoms with Crippen LogP contribution in [0.3, 0.4) is 0 Å². The van der Waals surface area contributed by atoms with E-state index in [9.17, 15) is 13.9 Å². The molecule has 76 valence electrons. The van der Waals surface area contributed by atoms with Gasteiger partial charge in [-0.1, -0.05) is 6.08 Å². The Hall–Kier alpha value is -1.22. The number of aliphatic hydroxyl groups excluding tert-OH is 1. The van der Waals surface area contributed by atoms with E-state index in [4.69, 9.17) is 0 Å². The van der Waals surface area contributed by atoms with Gasteiger partial charge in [-0.2, -0.15) is 0 Å². The highest BCUT2D eigenvalue weighted by Gasteiger charge is 2.17. The first-order valence-corrected chi connectivity index (χ1v) is 4.30. The van der Waals surface area contributed by atoms with E-state index in [1.807, 2.05) is 0 Å². The van der Waals surface area contributed by atoms with Crippen LogP contribution < -0.4 is 0 Å². The molecular weight excluding hydrogens is 186 g/mol. The van der Waals surface area contributed by atoms with Crippen LogP contribution in [0.5, 0.6) is 0 Å². The molecule has 0 amide bonds. The molecule has 0 bridgehead atoms. The maximum absolute atomic E-state index is 13.3. The average molecular weight is 198 g/mol. The van der Waals surface area contributed by atoms with Crippen LogP contribution in [-0.2, 0) is 0 Å². The van der Waals surface area contributed by atoms with Gasteiger partial charge < -0.3 is 5.11 Å². The lowest BCUT2D eigenvalue weighted by Gasteiger charge is -2.11. The van der Waals surface area contributed by atoms with Crippen LogP contribution in [0.1, 0.15) is 23.7 Å². The molecule has 0 radical (unpaired) electrons. The molecule has 0 aliphatic rings. The molecule has 1 rings (SSSR count). The molecule has 1 unspecified atom stereocenters. The Bertz CT molecular complexity index is 324. The molecule has 0 fully saturated rings. The summed E-state index contributed by atoms with van der Waals surface area (Å²) in [5.74, 6) is -1.42. The minimum Gasteiger partial charge on any atom is -0.388 e. The zero-order valence-electron chi connectivity index (χ0n) is 7.93. The Labute approximate surface area is 81.7 Å². The number of rotatable bonds is 3. The highest BCUT2D eigenvalue weighted by Crippen LogP contribution is 2.24. The van der Waals surface area contributed by atoms with Gasteiger partial charge in [-0.15, -0.1) is 6.58 Å². The smallest absolute Gasteiger partial charge is 0.132 e. The third-order valence-electron chi connectivity index (χ3n) is 1.95. The predicted molar refractivity (Wildman–Crippen MR) is 50.9 cm³/mol. The number of aryl methyl sites for hydroxylation is 1. The van der Waals surface area contributed by atoms with Crippen LogP contribution in [0.15, 0.2) is 24.8 Å². The van der Waals surface area contributed by atoms with Gasteiger partial charge >= 0.3 is 0 Å². The maximum atomic E-state index is 13.3. The second-order valence-corrected chi connectivity index (χ2v) is 3.18. The fraction of sp³-hybridized carbons (Fsp3) is 0.273. The lowest BCUT2D eigenvalue weighted by atomic mass is 10.0. The summed E-state index contributed by atoms with van der Waals surface area (Å²) in [6, 6.07) is 2.40. The van der Waals surface area contributed by atoms with Crippen molar-refractivity contribution in [3.8, 4) is 0 Å². The van der Waals surface area contributed by atoms with Crippen molar-refractivity contribution in [2.24, 2.45) is 0 Å². The van der Waals surface area contributed by atoms with Gasteiger partial charge in [0.25, 0.3) is 0 Å². The highest BCUT2D eigenvalue weighted by atomic mass is 19.1. The molecule has 1 N–H and O–H groups in total. The molecule has 0 spiro atoms. The zero-order chi connectivity index (χ0) is 10.7. The summed E-state index contributed by atoms with van der Waals surface area (Å²) in [5, 5.41) is 9.42. The molecule has 14 heavy (non-hydrogen) atoms. The van der Waals surface area contributed by atoms with Gasteiger partial charge in [0.15, 0.2) is 0 Å². The third-order valence-corrected chi connectivity index (χ3v) is 1.95. The standard InChI is InChI=1S/C11H12F2O/c1-3-4-10(14)11-8(12)5-7(2)6-9(11)13/h3,5-6,10,14H,1,4H2,2H3. The fourth-order valence-electron chi connectivity index (χ4n) is 1.31. The molecule has 0 saturated carbocycles. The van der Waals surface area contributed by atoms with Crippen molar-refractivity contribution < 1.29 is 13.9 Å². The molecule has 1 atom stereocenters. The summed E-state index contributed by atoms with van der Waals surface area (Å²) in [6.45, 7) is 4.99. The van der Waals surface area contributed by atoms with Crippen molar-refractivity contribution in [2.45, 2.75) is 19.4 Å². The fourth-order valence-corrected chi connectivity index (χ4v) is 1.31. The summed E-state index contributed by atoms with van der Waals surface area (Å²) in [5.41, 5.74) is 0.213. The number of halogens is 2. The van der Waals surface area contributed by atoms with Gasteiger partial charge in [-0.25, -0.2) is 8.78 Å². The van der Waals surface area contributed by atoms with Crippen molar-refractivity contribution in [3.05, 3.63) is 47.5 Å². The van der Waals surface area contributed by atoms with Gasteiger partial charge in [0, 0.05) is 0 Å². The van der Waals surface area contributed by atoms with Gasteiger partial charge in [-0.3, -0.25) is 0 Å². The predicted octanol–water partition coefficient (Wildman–Crippen LogP) is 2.88. The molecule has 3 heteroatoms. The van der Waals surface area contributed by atoms with Crippen molar-refractivity contribution in [1.82, 2.24) is 0 Å². The second-order valence-electron chi connectivity index (χ2n) is 3.18. The zero-order valence-corrected chi connectivity index (χ0v) is 7.93. The summed E-state index contributed by atoms with van der Waals surface area (Å²) in [4.78, 5) is 0. The van der Waals surface area contributed by atoms with E-state index in [-0.39, 0.29) is 12.0 Å². The van der Waals surface area contributed by atoms with Gasteiger partial charge in [-0.05, 0) is 31.0 Å². The van der Waals surface area contributed by atoms with E-state index in [0.29, 0.717) is 5.56 Å². The van der Waals surface area contributed by atoms with Crippen molar-refractivity contribution >= 4 is 0 Å². The Morgan fingerprint density at radius 3 is 2.36 bits per heavy atom. The van der Waals surface area contributed by atoms with Crippen LogP contribution in [0.4, 0.5) is 8.78 Å². The first kappa shape index (κ1) is 10.9. The lowest BCUT2D eigenvalue weighted by Crippen LogP contribution is -2.03. The summed E-state index contributed by atoms with van der Waals surface area (Å²) >= 11 is 0. The molecule has 0 saturated heterocycles. The molecular formula is C11H12F2O. The number of aliphatic hydroxyl groups is 1.